The Bertz CT molecular complexity index is 835. The van der Waals surface area contributed by atoms with Gasteiger partial charge in [-0.3, -0.25) is 0 Å². The van der Waals surface area contributed by atoms with E-state index in [1.165, 1.54) is 0 Å². The molecule has 0 saturated carbocycles. The minimum Gasteiger partial charge on any atom is -0.488 e. The molecule has 104 valence electrons. The van der Waals surface area contributed by atoms with Crippen molar-refractivity contribution in [3.8, 4) is 17.3 Å². The Balaban J connectivity index is 1.69. The summed E-state index contributed by atoms with van der Waals surface area (Å²) in [5.74, 6) is 2.08. The molecule has 0 atom stereocenters. The highest BCUT2D eigenvalue weighted by atomic mass is 35.5. The van der Waals surface area contributed by atoms with E-state index in [2.05, 4.69) is 10.1 Å². The van der Waals surface area contributed by atoms with E-state index in [4.69, 9.17) is 25.3 Å². The van der Waals surface area contributed by atoms with Crippen LogP contribution < -0.4 is 4.74 Å². The van der Waals surface area contributed by atoms with E-state index in [0.29, 0.717) is 24.1 Å². The molecule has 0 fully saturated rings. The van der Waals surface area contributed by atoms with Gasteiger partial charge in [-0.2, -0.15) is 4.98 Å². The molecule has 3 heterocycles. The Morgan fingerprint density at radius 2 is 2.00 bits per heavy atom. The number of nitrogens with zero attached hydrogens (tertiary/aromatic N) is 2. The molecule has 0 unspecified atom stereocenters. The molecule has 5 nitrogen and oxygen atoms in total. The summed E-state index contributed by atoms with van der Waals surface area (Å²) in [7, 11) is 0. The second kappa shape index (κ2) is 4.79. The molecule has 0 aliphatic carbocycles. The quantitative estimate of drug-likeness (QED) is 0.718. The summed E-state index contributed by atoms with van der Waals surface area (Å²) in [5, 5.41) is 4.18. The van der Waals surface area contributed by atoms with Crippen molar-refractivity contribution in [1.29, 1.82) is 0 Å². The molecule has 1 aliphatic rings. The Morgan fingerprint density at radius 1 is 1.10 bits per heavy atom. The van der Waals surface area contributed by atoms with Gasteiger partial charge in [0.05, 0.1) is 5.57 Å². The minimum atomic E-state index is 0.283. The maximum absolute atomic E-state index is 5.74. The number of rotatable bonds is 2. The van der Waals surface area contributed by atoms with Crippen LogP contribution >= 0.6 is 11.6 Å². The van der Waals surface area contributed by atoms with E-state index in [1.54, 1.807) is 12.1 Å². The molecule has 1 aromatic carbocycles. The third kappa shape index (κ3) is 2.21. The van der Waals surface area contributed by atoms with Crippen LogP contribution in [0.15, 0.2) is 45.3 Å². The first kappa shape index (κ1) is 12.2. The molecule has 0 radical (unpaired) electrons. The Kier molecular flexibility index (Phi) is 2.79. The van der Waals surface area contributed by atoms with Crippen LogP contribution in [0.3, 0.4) is 0 Å². The Morgan fingerprint density at radius 3 is 2.86 bits per heavy atom. The molecule has 4 rings (SSSR count). The van der Waals surface area contributed by atoms with Crippen molar-refractivity contribution in [2.75, 3.05) is 6.61 Å². The highest BCUT2D eigenvalue weighted by Gasteiger charge is 2.19. The summed E-state index contributed by atoms with van der Waals surface area (Å²) in [6.45, 7) is 0.386. The van der Waals surface area contributed by atoms with Crippen molar-refractivity contribution >= 4 is 23.3 Å². The smallest absolute Gasteiger partial charge is 0.257 e. The number of furan rings is 1. The van der Waals surface area contributed by atoms with Crippen LogP contribution in [0.2, 0.25) is 5.22 Å². The van der Waals surface area contributed by atoms with E-state index in [0.717, 1.165) is 16.9 Å². The average molecular weight is 301 g/mol. The van der Waals surface area contributed by atoms with Gasteiger partial charge in [0.2, 0.25) is 5.82 Å². The molecule has 0 saturated heterocycles. The number of benzene rings is 1. The SMILES string of the molecule is Clc1ccc(-c2noc(C3=Cc4ccccc4OC3)n2)o1. The normalized spacial score (nSPS) is 13.5. The number of fused-ring (bicyclic) bond motifs is 1. The molecule has 3 aromatic rings. The van der Waals surface area contributed by atoms with E-state index < -0.39 is 0 Å². The first-order valence-electron chi connectivity index (χ1n) is 6.32. The molecule has 1 aliphatic heterocycles. The molecule has 2 aromatic heterocycles. The molecule has 6 heteroatoms. The van der Waals surface area contributed by atoms with Crippen molar-refractivity contribution in [2.45, 2.75) is 0 Å². The zero-order valence-corrected chi connectivity index (χ0v) is 11.5. The topological polar surface area (TPSA) is 61.3 Å². The lowest BCUT2D eigenvalue weighted by molar-refractivity contribution is 0.351. The van der Waals surface area contributed by atoms with E-state index >= 15 is 0 Å². The van der Waals surface area contributed by atoms with Gasteiger partial charge in [0, 0.05) is 5.56 Å². The molecular weight excluding hydrogens is 292 g/mol. The Hall–Kier alpha value is -2.53. The fourth-order valence-electron chi connectivity index (χ4n) is 2.13. The molecule has 21 heavy (non-hydrogen) atoms. The van der Waals surface area contributed by atoms with Crippen LogP contribution in [0.25, 0.3) is 23.2 Å². The predicted molar refractivity (Wildman–Crippen MR) is 76.8 cm³/mol. The van der Waals surface area contributed by atoms with E-state index in [1.807, 2.05) is 30.3 Å². The standard InChI is InChI=1S/C15H9ClN2O3/c16-13-6-5-12(20-13)14-17-15(21-18-14)10-7-9-3-1-2-4-11(9)19-8-10/h1-7H,8H2. The first-order chi connectivity index (χ1) is 10.3. The van der Waals surface area contributed by atoms with Crippen LogP contribution in [-0.2, 0) is 0 Å². The lowest BCUT2D eigenvalue weighted by atomic mass is 10.1. The van der Waals surface area contributed by atoms with Gasteiger partial charge < -0.3 is 13.7 Å². The second-order valence-electron chi connectivity index (χ2n) is 4.52. The van der Waals surface area contributed by atoms with Crippen LogP contribution in [0, 0.1) is 0 Å². The van der Waals surface area contributed by atoms with Gasteiger partial charge in [-0.05, 0) is 35.9 Å². The van der Waals surface area contributed by atoms with Crippen molar-refractivity contribution in [3.05, 3.63) is 53.1 Å². The number of hydrogen-bond donors (Lipinski definition) is 0. The zero-order valence-electron chi connectivity index (χ0n) is 10.7. The molecule has 0 amide bonds. The number of hydrogen-bond acceptors (Lipinski definition) is 5. The second-order valence-corrected chi connectivity index (χ2v) is 4.90. The van der Waals surface area contributed by atoms with Gasteiger partial charge in [-0.25, -0.2) is 0 Å². The summed E-state index contributed by atoms with van der Waals surface area (Å²) in [6, 6.07) is 11.1. The largest absolute Gasteiger partial charge is 0.488 e. The molecule has 0 bridgehead atoms. The van der Waals surface area contributed by atoms with Crippen molar-refractivity contribution in [2.24, 2.45) is 0 Å². The number of para-hydroxylation sites is 1. The van der Waals surface area contributed by atoms with E-state index in [-0.39, 0.29) is 5.22 Å². The lowest BCUT2D eigenvalue weighted by Gasteiger charge is -2.15. The summed E-state index contributed by atoms with van der Waals surface area (Å²) < 4.78 is 16.2. The molecule has 0 spiro atoms. The molecular formula is C15H9ClN2O3. The van der Waals surface area contributed by atoms with Crippen LogP contribution in [-0.4, -0.2) is 16.7 Å². The monoisotopic (exact) mass is 300 g/mol. The van der Waals surface area contributed by atoms with Gasteiger partial charge in [0.25, 0.3) is 5.89 Å². The minimum absolute atomic E-state index is 0.283. The third-order valence-electron chi connectivity index (χ3n) is 3.13. The third-order valence-corrected chi connectivity index (χ3v) is 3.33. The summed E-state index contributed by atoms with van der Waals surface area (Å²) in [5.41, 5.74) is 1.81. The number of halogens is 1. The highest BCUT2D eigenvalue weighted by Crippen LogP contribution is 2.30. The first-order valence-corrected chi connectivity index (χ1v) is 6.69. The summed E-state index contributed by atoms with van der Waals surface area (Å²) in [6.07, 6.45) is 1.98. The molecule has 0 N–H and O–H groups in total. The van der Waals surface area contributed by atoms with E-state index in [9.17, 15) is 0 Å². The number of aromatic nitrogens is 2. The zero-order chi connectivity index (χ0) is 14.2. The van der Waals surface area contributed by atoms with Crippen molar-refractivity contribution in [3.63, 3.8) is 0 Å². The van der Waals surface area contributed by atoms with Gasteiger partial charge in [-0.1, -0.05) is 23.4 Å². The van der Waals surface area contributed by atoms with Crippen LogP contribution in [0.4, 0.5) is 0 Å². The van der Waals surface area contributed by atoms with Crippen molar-refractivity contribution in [1.82, 2.24) is 10.1 Å². The van der Waals surface area contributed by atoms with Crippen LogP contribution in [0.1, 0.15) is 11.5 Å². The maximum atomic E-state index is 5.74. The van der Waals surface area contributed by atoms with Gasteiger partial charge in [0.1, 0.15) is 12.4 Å². The van der Waals surface area contributed by atoms with Gasteiger partial charge in [0.15, 0.2) is 11.0 Å². The van der Waals surface area contributed by atoms with Crippen molar-refractivity contribution < 1.29 is 13.7 Å². The van der Waals surface area contributed by atoms with Gasteiger partial charge in [-0.15, -0.1) is 0 Å². The average Bonchev–Trinajstić information content (AvgIpc) is 3.15. The number of ether oxygens (including phenoxy) is 1. The highest BCUT2D eigenvalue weighted by molar-refractivity contribution is 6.28. The van der Waals surface area contributed by atoms with Gasteiger partial charge >= 0.3 is 0 Å². The summed E-state index contributed by atoms with van der Waals surface area (Å²) >= 11 is 5.74. The lowest BCUT2D eigenvalue weighted by Crippen LogP contribution is -2.06. The fraction of sp³-hybridized carbons (Fsp3) is 0.0667. The maximum Gasteiger partial charge on any atom is 0.257 e. The summed E-state index contributed by atoms with van der Waals surface area (Å²) in [4.78, 5) is 4.31. The fourth-order valence-corrected chi connectivity index (χ4v) is 2.27. The van der Waals surface area contributed by atoms with Crippen LogP contribution in [0.5, 0.6) is 5.75 Å². The Labute approximate surface area is 124 Å². The predicted octanol–water partition coefficient (Wildman–Crippen LogP) is 3.92.